The monoisotopic (exact) mass is 258 g/mol. The fraction of sp³-hybridized carbons (Fsp3) is 0.545. The largest absolute Gasteiger partial charge is 0.394 e. The van der Waals surface area contributed by atoms with Gasteiger partial charge < -0.3 is 25.2 Å². The van der Waals surface area contributed by atoms with Crippen molar-refractivity contribution in [3.8, 4) is 0 Å². The Morgan fingerprint density at radius 1 is 1.72 bits per heavy atom. The van der Waals surface area contributed by atoms with Crippen LogP contribution in [-0.4, -0.2) is 51.7 Å². The molecule has 0 aromatic heterocycles. The highest BCUT2D eigenvalue weighted by atomic mass is 19.1. The predicted octanol–water partition coefficient (Wildman–Crippen LogP) is -0.791. The molecule has 18 heavy (non-hydrogen) atoms. The minimum atomic E-state index is -2.09. The van der Waals surface area contributed by atoms with Crippen molar-refractivity contribution in [1.29, 1.82) is 0 Å². The van der Waals surface area contributed by atoms with E-state index in [9.17, 15) is 14.3 Å². The van der Waals surface area contributed by atoms with Crippen molar-refractivity contribution in [1.82, 2.24) is 10.2 Å². The molecule has 1 fully saturated rings. The van der Waals surface area contributed by atoms with Crippen LogP contribution in [0.25, 0.3) is 0 Å². The van der Waals surface area contributed by atoms with Crippen molar-refractivity contribution in [3.05, 3.63) is 24.7 Å². The van der Waals surface area contributed by atoms with E-state index in [0.29, 0.717) is 0 Å². The zero-order chi connectivity index (χ0) is 13.5. The van der Waals surface area contributed by atoms with Crippen LogP contribution in [0.3, 0.4) is 0 Å². The number of alkyl halides is 1. The lowest BCUT2D eigenvalue weighted by Crippen LogP contribution is -2.51. The van der Waals surface area contributed by atoms with Gasteiger partial charge in [-0.05, 0) is 6.92 Å². The second-order valence-corrected chi connectivity index (χ2v) is 4.46. The summed E-state index contributed by atoms with van der Waals surface area (Å²) < 4.78 is 19.7. The fourth-order valence-electron chi connectivity index (χ4n) is 2.07. The van der Waals surface area contributed by atoms with Crippen molar-refractivity contribution in [2.45, 2.75) is 31.0 Å². The van der Waals surface area contributed by atoms with Crippen molar-refractivity contribution >= 4 is 5.91 Å². The number of halogens is 1. The lowest BCUT2D eigenvalue weighted by molar-refractivity contribution is -0.119. The quantitative estimate of drug-likeness (QED) is 0.604. The summed E-state index contributed by atoms with van der Waals surface area (Å²) in [5.41, 5.74) is -2.09. The van der Waals surface area contributed by atoms with E-state index in [1.54, 1.807) is 0 Å². The lowest BCUT2D eigenvalue weighted by Gasteiger charge is -2.35. The van der Waals surface area contributed by atoms with Gasteiger partial charge in [-0.2, -0.15) is 0 Å². The molecule has 2 aliphatic heterocycles. The van der Waals surface area contributed by atoms with Gasteiger partial charge in [-0.1, -0.05) is 6.58 Å². The van der Waals surface area contributed by atoms with Gasteiger partial charge in [0.25, 0.3) is 5.91 Å². The van der Waals surface area contributed by atoms with E-state index in [1.807, 2.05) is 0 Å². The van der Waals surface area contributed by atoms with Gasteiger partial charge in [-0.3, -0.25) is 4.79 Å². The summed E-state index contributed by atoms with van der Waals surface area (Å²) in [4.78, 5) is 12.3. The summed E-state index contributed by atoms with van der Waals surface area (Å²) >= 11 is 0. The Balaban J connectivity index is 2.26. The molecule has 6 nitrogen and oxygen atoms in total. The molecule has 1 amide bonds. The maximum absolute atomic E-state index is 14.4. The number of ether oxygens (including phenoxy) is 1. The maximum atomic E-state index is 14.4. The first-order valence-electron chi connectivity index (χ1n) is 5.47. The standard InChI is InChI=1S/C11H15FN2O4/c1-6-13-8(16)3-4-14(6)10-11(2,12)9(17)7(5-15)18-10/h3-4,7,9-10,15,17H,1,5H2,2H3,(H,13,16)/t7-,9-,10-,11-/m1/s1. The Morgan fingerprint density at radius 2 is 2.39 bits per heavy atom. The number of carbonyl (C=O) groups is 1. The van der Waals surface area contributed by atoms with Crippen molar-refractivity contribution in [2.24, 2.45) is 0 Å². The number of rotatable bonds is 2. The van der Waals surface area contributed by atoms with Crippen LogP contribution in [0.1, 0.15) is 6.92 Å². The van der Waals surface area contributed by atoms with Crippen LogP contribution in [-0.2, 0) is 9.53 Å². The normalized spacial score (nSPS) is 40.2. The molecule has 0 unspecified atom stereocenters. The van der Waals surface area contributed by atoms with Crippen LogP contribution in [0.2, 0.25) is 0 Å². The van der Waals surface area contributed by atoms with E-state index in [1.165, 1.54) is 24.1 Å². The van der Waals surface area contributed by atoms with Crippen LogP contribution in [0, 0.1) is 0 Å². The summed E-state index contributed by atoms with van der Waals surface area (Å²) in [6.07, 6.45) is -1.09. The topological polar surface area (TPSA) is 82.0 Å². The minimum Gasteiger partial charge on any atom is -0.394 e. The molecule has 7 heteroatoms. The lowest BCUT2D eigenvalue weighted by atomic mass is 9.98. The molecule has 0 aliphatic carbocycles. The van der Waals surface area contributed by atoms with Crippen LogP contribution >= 0.6 is 0 Å². The first-order chi connectivity index (χ1) is 8.37. The van der Waals surface area contributed by atoms with Gasteiger partial charge in [0.05, 0.1) is 6.61 Å². The Labute approximate surface area is 103 Å². The molecule has 0 aromatic rings. The highest BCUT2D eigenvalue weighted by Gasteiger charge is 2.56. The summed E-state index contributed by atoms with van der Waals surface area (Å²) in [5.74, 6) is -0.212. The third kappa shape index (κ3) is 1.90. The summed E-state index contributed by atoms with van der Waals surface area (Å²) in [6, 6.07) is 0. The van der Waals surface area contributed by atoms with E-state index in [-0.39, 0.29) is 11.7 Å². The average molecular weight is 258 g/mol. The van der Waals surface area contributed by atoms with Crippen LogP contribution in [0.4, 0.5) is 4.39 Å². The highest BCUT2D eigenvalue weighted by Crippen LogP contribution is 2.37. The number of hydrogen-bond acceptors (Lipinski definition) is 5. The number of hydrogen-bond donors (Lipinski definition) is 3. The minimum absolute atomic E-state index is 0.155. The van der Waals surface area contributed by atoms with E-state index >= 15 is 0 Å². The number of amides is 1. The molecule has 2 aliphatic rings. The first-order valence-corrected chi connectivity index (χ1v) is 5.47. The molecule has 0 spiro atoms. The third-order valence-electron chi connectivity index (χ3n) is 3.12. The molecule has 1 saturated heterocycles. The number of nitrogens with zero attached hydrogens (tertiary/aromatic N) is 1. The predicted molar refractivity (Wildman–Crippen MR) is 59.5 cm³/mol. The van der Waals surface area contributed by atoms with Crippen LogP contribution < -0.4 is 5.32 Å². The molecule has 100 valence electrons. The molecule has 0 bridgehead atoms. The summed E-state index contributed by atoms with van der Waals surface area (Å²) in [5, 5.41) is 21.1. The number of nitrogens with one attached hydrogen (secondary N) is 1. The van der Waals surface area contributed by atoms with Crippen LogP contribution in [0.5, 0.6) is 0 Å². The molecule has 0 saturated carbocycles. The Bertz CT molecular complexity index is 410. The van der Waals surface area contributed by atoms with Crippen molar-refractivity contribution < 1.29 is 24.1 Å². The van der Waals surface area contributed by atoms with Gasteiger partial charge >= 0.3 is 0 Å². The SMILES string of the molecule is C=C1NC(=O)C=CN1[C@@H]1O[C@H](CO)[C@@H](O)[C@@]1(C)F. The maximum Gasteiger partial charge on any atom is 0.250 e. The zero-order valence-electron chi connectivity index (χ0n) is 9.84. The summed E-state index contributed by atoms with van der Waals surface area (Å²) in [7, 11) is 0. The molecular formula is C11H15FN2O4. The molecule has 2 heterocycles. The molecule has 3 N–H and O–H groups in total. The second kappa shape index (κ2) is 4.34. The molecule has 0 aromatic carbocycles. The van der Waals surface area contributed by atoms with Gasteiger partial charge in [0, 0.05) is 12.3 Å². The molecular weight excluding hydrogens is 243 g/mol. The number of carbonyl (C=O) groups excluding carboxylic acids is 1. The van der Waals surface area contributed by atoms with Crippen molar-refractivity contribution in [3.63, 3.8) is 0 Å². The smallest absolute Gasteiger partial charge is 0.250 e. The summed E-state index contributed by atoms with van der Waals surface area (Å²) in [6.45, 7) is 4.27. The van der Waals surface area contributed by atoms with E-state index in [0.717, 1.165) is 0 Å². The molecule has 0 radical (unpaired) electrons. The number of aliphatic hydroxyl groups excluding tert-OH is 2. The molecule has 2 rings (SSSR count). The van der Waals surface area contributed by atoms with Gasteiger partial charge in [-0.15, -0.1) is 0 Å². The zero-order valence-corrected chi connectivity index (χ0v) is 9.84. The van der Waals surface area contributed by atoms with Gasteiger partial charge in [0.2, 0.25) is 0 Å². The molecule has 4 atom stereocenters. The number of aliphatic hydroxyl groups is 2. The Morgan fingerprint density at radius 3 is 2.89 bits per heavy atom. The van der Waals surface area contributed by atoms with Gasteiger partial charge in [0.15, 0.2) is 11.9 Å². The Kier molecular flexibility index (Phi) is 3.14. The van der Waals surface area contributed by atoms with Gasteiger partial charge in [0.1, 0.15) is 18.0 Å². The van der Waals surface area contributed by atoms with E-state index in [2.05, 4.69) is 11.9 Å². The third-order valence-corrected chi connectivity index (χ3v) is 3.12. The van der Waals surface area contributed by atoms with E-state index < -0.39 is 30.7 Å². The second-order valence-electron chi connectivity index (χ2n) is 4.46. The van der Waals surface area contributed by atoms with E-state index in [4.69, 9.17) is 9.84 Å². The van der Waals surface area contributed by atoms with Crippen molar-refractivity contribution in [2.75, 3.05) is 6.61 Å². The Hall–Kier alpha value is -1.44. The first kappa shape index (κ1) is 13.0. The van der Waals surface area contributed by atoms with Crippen LogP contribution in [0.15, 0.2) is 24.7 Å². The fourth-order valence-corrected chi connectivity index (χ4v) is 2.07. The average Bonchev–Trinajstić information content (AvgIpc) is 2.52. The highest BCUT2D eigenvalue weighted by molar-refractivity contribution is 5.89. The van der Waals surface area contributed by atoms with Gasteiger partial charge in [-0.25, -0.2) is 4.39 Å².